The molecule has 0 aromatic heterocycles. The standard InChI is InChI=1S/C8H17N.C2H6/c1-7-4-5-8(6-7)9(2)3;1-2/h7-8H,4-6H2,1-3H3;1-2H3. The molecule has 2 atom stereocenters. The zero-order chi connectivity index (χ0) is 8.85. The Morgan fingerprint density at radius 2 is 1.64 bits per heavy atom. The molecule has 1 rings (SSSR count). The van der Waals surface area contributed by atoms with Gasteiger partial charge in [-0.15, -0.1) is 0 Å². The van der Waals surface area contributed by atoms with E-state index in [0.29, 0.717) is 0 Å². The van der Waals surface area contributed by atoms with Crippen molar-refractivity contribution < 1.29 is 0 Å². The number of rotatable bonds is 1. The van der Waals surface area contributed by atoms with Crippen molar-refractivity contribution >= 4 is 0 Å². The average Bonchev–Trinajstić information content (AvgIpc) is 2.40. The van der Waals surface area contributed by atoms with Gasteiger partial charge < -0.3 is 4.90 Å². The summed E-state index contributed by atoms with van der Waals surface area (Å²) in [5, 5.41) is 0. The van der Waals surface area contributed by atoms with E-state index in [1.54, 1.807) is 0 Å². The first-order chi connectivity index (χ1) is 5.20. The quantitative estimate of drug-likeness (QED) is 0.565. The Kier molecular flexibility index (Phi) is 5.57. The molecule has 1 fully saturated rings. The molecule has 11 heavy (non-hydrogen) atoms. The van der Waals surface area contributed by atoms with Crippen LogP contribution in [0.2, 0.25) is 0 Å². The summed E-state index contributed by atoms with van der Waals surface area (Å²) >= 11 is 0. The Morgan fingerprint density at radius 1 is 1.09 bits per heavy atom. The van der Waals surface area contributed by atoms with Gasteiger partial charge in [0.2, 0.25) is 0 Å². The van der Waals surface area contributed by atoms with E-state index in [1.807, 2.05) is 13.8 Å². The summed E-state index contributed by atoms with van der Waals surface area (Å²) in [6, 6.07) is 0.875. The third-order valence-electron chi connectivity index (χ3n) is 2.40. The summed E-state index contributed by atoms with van der Waals surface area (Å²) in [5.74, 6) is 0.970. The van der Waals surface area contributed by atoms with Gasteiger partial charge in [-0.1, -0.05) is 20.8 Å². The molecule has 0 saturated heterocycles. The second-order valence-electron chi connectivity index (χ2n) is 3.54. The molecule has 0 aromatic rings. The van der Waals surface area contributed by atoms with Gasteiger partial charge in [-0.3, -0.25) is 0 Å². The van der Waals surface area contributed by atoms with Gasteiger partial charge in [0, 0.05) is 6.04 Å². The van der Waals surface area contributed by atoms with Crippen molar-refractivity contribution in [3.8, 4) is 0 Å². The summed E-state index contributed by atoms with van der Waals surface area (Å²) in [5.41, 5.74) is 0. The molecule has 0 aliphatic heterocycles. The van der Waals surface area contributed by atoms with E-state index >= 15 is 0 Å². The van der Waals surface area contributed by atoms with E-state index in [1.165, 1.54) is 19.3 Å². The molecule has 0 N–H and O–H groups in total. The van der Waals surface area contributed by atoms with Crippen LogP contribution in [0.5, 0.6) is 0 Å². The number of hydrogen-bond donors (Lipinski definition) is 0. The van der Waals surface area contributed by atoms with Crippen molar-refractivity contribution in [1.82, 2.24) is 4.90 Å². The maximum absolute atomic E-state index is 2.35. The summed E-state index contributed by atoms with van der Waals surface area (Å²) in [7, 11) is 4.37. The summed E-state index contributed by atoms with van der Waals surface area (Å²) in [6.07, 6.45) is 4.25. The molecule has 0 amide bonds. The fraction of sp³-hybridized carbons (Fsp3) is 1.00. The first kappa shape index (κ1) is 11.0. The Balaban J connectivity index is 0.000000461. The molecule has 1 nitrogen and oxygen atoms in total. The van der Waals surface area contributed by atoms with Crippen LogP contribution < -0.4 is 0 Å². The van der Waals surface area contributed by atoms with Crippen LogP contribution in [-0.4, -0.2) is 25.0 Å². The highest BCUT2D eigenvalue weighted by Crippen LogP contribution is 2.26. The minimum Gasteiger partial charge on any atom is -0.306 e. The third-order valence-corrected chi connectivity index (χ3v) is 2.40. The minimum atomic E-state index is 0.875. The Hall–Kier alpha value is -0.0400. The lowest BCUT2D eigenvalue weighted by Crippen LogP contribution is -2.24. The smallest absolute Gasteiger partial charge is 0.00918 e. The Bertz CT molecular complexity index is 88.9. The molecule has 0 radical (unpaired) electrons. The van der Waals surface area contributed by atoms with Crippen molar-refractivity contribution in [3.63, 3.8) is 0 Å². The third kappa shape index (κ3) is 3.76. The van der Waals surface area contributed by atoms with Crippen LogP contribution in [0.25, 0.3) is 0 Å². The monoisotopic (exact) mass is 157 g/mol. The largest absolute Gasteiger partial charge is 0.306 e. The average molecular weight is 157 g/mol. The van der Waals surface area contributed by atoms with Crippen molar-refractivity contribution in [1.29, 1.82) is 0 Å². The van der Waals surface area contributed by atoms with Crippen LogP contribution >= 0.6 is 0 Å². The van der Waals surface area contributed by atoms with E-state index in [2.05, 4.69) is 25.9 Å². The molecule has 2 unspecified atom stereocenters. The van der Waals surface area contributed by atoms with Gasteiger partial charge >= 0.3 is 0 Å². The molecule has 0 spiro atoms. The van der Waals surface area contributed by atoms with Gasteiger partial charge in [-0.25, -0.2) is 0 Å². The zero-order valence-electron chi connectivity index (χ0n) is 8.72. The second-order valence-corrected chi connectivity index (χ2v) is 3.54. The molecule has 1 aliphatic rings. The maximum atomic E-state index is 2.35. The van der Waals surface area contributed by atoms with Crippen molar-refractivity contribution in [2.75, 3.05) is 14.1 Å². The van der Waals surface area contributed by atoms with Crippen LogP contribution in [0.4, 0.5) is 0 Å². The highest BCUT2D eigenvalue weighted by molar-refractivity contribution is 4.77. The van der Waals surface area contributed by atoms with Gasteiger partial charge in [0.15, 0.2) is 0 Å². The van der Waals surface area contributed by atoms with E-state index in [4.69, 9.17) is 0 Å². The fourth-order valence-corrected chi connectivity index (χ4v) is 1.65. The van der Waals surface area contributed by atoms with Crippen molar-refractivity contribution in [2.45, 2.75) is 46.1 Å². The summed E-state index contributed by atoms with van der Waals surface area (Å²) in [6.45, 7) is 6.35. The van der Waals surface area contributed by atoms with E-state index in [9.17, 15) is 0 Å². The van der Waals surface area contributed by atoms with Gasteiger partial charge in [-0.05, 0) is 39.3 Å². The predicted molar refractivity (Wildman–Crippen MR) is 51.8 cm³/mol. The molecule has 0 aromatic carbocycles. The first-order valence-electron chi connectivity index (χ1n) is 4.86. The van der Waals surface area contributed by atoms with Crippen molar-refractivity contribution in [2.24, 2.45) is 5.92 Å². The van der Waals surface area contributed by atoms with Gasteiger partial charge in [0.25, 0.3) is 0 Å². The van der Waals surface area contributed by atoms with Gasteiger partial charge in [-0.2, -0.15) is 0 Å². The lowest BCUT2D eigenvalue weighted by atomic mass is 10.1. The van der Waals surface area contributed by atoms with Gasteiger partial charge in [0.05, 0.1) is 0 Å². The Labute approximate surface area is 71.8 Å². The normalized spacial score (nSPS) is 30.0. The van der Waals surface area contributed by atoms with Crippen LogP contribution in [0.3, 0.4) is 0 Å². The number of nitrogens with zero attached hydrogens (tertiary/aromatic N) is 1. The predicted octanol–water partition coefficient (Wildman–Crippen LogP) is 2.76. The van der Waals surface area contributed by atoms with Gasteiger partial charge in [0.1, 0.15) is 0 Å². The van der Waals surface area contributed by atoms with Crippen LogP contribution in [0.1, 0.15) is 40.0 Å². The summed E-state index contributed by atoms with van der Waals surface area (Å²) < 4.78 is 0. The molecule has 1 aliphatic carbocycles. The van der Waals surface area contributed by atoms with Crippen LogP contribution in [-0.2, 0) is 0 Å². The Morgan fingerprint density at radius 3 is 1.82 bits per heavy atom. The topological polar surface area (TPSA) is 3.24 Å². The van der Waals surface area contributed by atoms with E-state index < -0.39 is 0 Å². The summed E-state index contributed by atoms with van der Waals surface area (Å²) in [4.78, 5) is 2.35. The molecule has 68 valence electrons. The lowest BCUT2D eigenvalue weighted by Gasteiger charge is -2.17. The SMILES string of the molecule is CC.CC1CCC(N(C)C)C1. The van der Waals surface area contributed by atoms with Crippen LogP contribution in [0.15, 0.2) is 0 Å². The van der Waals surface area contributed by atoms with Crippen molar-refractivity contribution in [3.05, 3.63) is 0 Å². The second kappa shape index (κ2) is 5.59. The number of hydrogen-bond acceptors (Lipinski definition) is 1. The highest BCUT2D eigenvalue weighted by atomic mass is 15.1. The molecule has 0 heterocycles. The van der Waals surface area contributed by atoms with E-state index in [0.717, 1.165) is 12.0 Å². The fourth-order valence-electron chi connectivity index (χ4n) is 1.65. The zero-order valence-corrected chi connectivity index (χ0v) is 8.72. The highest BCUT2D eigenvalue weighted by Gasteiger charge is 2.21. The molecular formula is C10H23N. The lowest BCUT2D eigenvalue weighted by molar-refractivity contribution is 0.293. The first-order valence-corrected chi connectivity index (χ1v) is 4.86. The molecule has 1 heteroatoms. The minimum absolute atomic E-state index is 0.875. The van der Waals surface area contributed by atoms with Crippen LogP contribution in [0, 0.1) is 5.92 Å². The molecule has 0 bridgehead atoms. The van der Waals surface area contributed by atoms with E-state index in [-0.39, 0.29) is 0 Å². The maximum Gasteiger partial charge on any atom is 0.00918 e. The molecule has 1 saturated carbocycles. The molecular weight excluding hydrogens is 134 g/mol.